The lowest BCUT2D eigenvalue weighted by molar-refractivity contribution is -0.386. The van der Waals surface area contributed by atoms with Gasteiger partial charge in [-0.3, -0.25) is 14.9 Å². The standard InChI is InChI=1S/C21H17NO5/c23-13-18-11-12-19(26-14-16-7-3-1-4-8-16)21(20(18)22(24)25)27-15-17-9-5-2-6-10-17/h1-13H,14-15H2. The zero-order valence-electron chi connectivity index (χ0n) is 14.4. The van der Waals surface area contributed by atoms with Crippen LogP contribution < -0.4 is 9.47 Å². The molecule has 6 heteroatoms. The predicted octanol–water partition coefficient (Wildman–Crippen LogP) is 4.57. The van der Waals surface area contributed by atoms with Gasteiger partial charge < -0.3 is 9.47 Å². The number of carbonyl (C=O) groups excluding carboxylic acids is 1. The first-order valence-corrected chi connectivity index (χ1v) is 8.29. The smallest absolute Gasteiger partial charge is 0.325 e. The van der Waals surface area contributed by atoms with E-state index in [9.17, 15) is 14.9 Å². The zero-order valence-corrected chi connectivity index (χ0v) is 14.4. The second-order valence-corrected chi connectivity index (χ2v) is 5.75. The first-order chi connectivity index (χ1) is 13.2. The molecule has 3 rings (SSSR count). The highest BCUT2D eigenvalue weighted by atomic mass is 16.6. The van der Waals surface area contributed by atoms with Crippen molar-refractivity contribution in [2.45, 2.75) is 13.2 Å². The molecule has 136 valence electrons. The Morgan fingerprint density at radius 1 is 0.815 bits per heavy atom. The Labute approximate surface area is 156 Å². The third-order valence-corrected chi connectivity index (χ3v) is 3.90. The van der Waals surface area contributed by atoms with E-state index in [1.807, 2.05) is 60.7 Å². The highest BCUT2D eigenvalue weighted by Crippen LogP contribution is 2.40. The number of nitro groups is 1. The molecule has 27 heavy (non-hydrogen) atoms. The average Bonchev–Trinajstić information content (AvgIpc) is 2.71. The molecular weight excluding hydrogens is 346 g/mol. The number of rotatable bonds is 8. The van der Waals surface area contributed by atoms with Crippen molar-refractivity contribution in [3.05, 3.63) is 99.6 Å². The molecule has 3 aromatic rings. The van der Waals surface area contributed by atoms with E-state index in [-0.39, 0.29) is 30.3 Å². The molecule has 0 unspecified atom stereocenters. The van der Waals surface area contributed by atoms with Crippen molar-refractivity contribution in [3.8, 4) is 11.5 Å². The Morgan fingerprint density at radius 3 is 1.89 bits per heavy atom. The van der Waals surface area contributed by atoms with E-state index in [0.717, 1.165) is 11.1 Å². The summed E-state index contributed by atoms with van der Waals surface area (Å²) >= 11 is 0. The van der Waals surface area contributed by atoms with Crippen LogP contribution in [0.1, 0.15) is 21.5 Å². The van der Waals surface area contributed by atoms with Gasteiger partial charge in [-0.1, -0.05) is 60.7 Å². The van der Waals surface area contributed by atoms with E-state index in [1.165, 1.54) is 12.1 Å². The van der Waals surface area contributed by atoms with Crippen LogP contribution in [0.2, 0.25) is 0 Å². The largest absolute Gasteiger partial charge is 0.485 e. The molecule has 0 aliphatic rings. The minimum atomic E-state index is -0.626. The first kappa shape index (κ1) is 18.1. The van der Waals surface area contributed by atoms with E-state index in [4.69, 9.17) is 9.47 Å². The van der Waals surface area contributed by atoms with Crippen LogP contribution in [0.25, 0.3) is 0 Å². The van der Waals surface area contributed by atoms with E-state index < -0.39 is 10.6 Å². The average molecular weight is 363 g/mol. The number of hydrogen-bond acceptors (Lipinski definition) is 5. The van der Waals surface area contributed by atoms with E-state index in [2.05, 4.69) is 0 Å². The van der Waals surface area contributed by atoms with Crippen molar-refractivity contribution in [2.75, 3.05) is 0 Å². The predicted molar refractivity (Wildman–Crippen MR) is 100 cm³/mol. The van der Waals surface area contributed by atoms with Gasteiger partial charge in [0.05, 0.1) is 10.5 Å². The van der Waals surface area contributed by atoms with Crippen LogP contribution in [0.4, 0.5) is 5.69 Å². The summed E-state index contributed by atoms with van der Waals surface area (Å²) in [6, 6.07) is 21.6. The highest BCUT2D eigenvalue weighted by Gasteiger charge is 2.26. The summed E-state index contributed by atoms with van der Waals surface area (Å²) in [5, 5.41) is 11.6. The summed E-state index contributed by atoms with van der Waals surface area (Å²) < 4.78 is 11.5. The Hall–Kier alpha value is -3.67. The van der Waals surface area contributed by atoms with Crippen LogP contribution in [-0.4, -0.2) is 11.2 Å². The van der Waals surface area contributed by atoms with Gasteiger partial charge in [-0.2, -0.15) is 0 Å². The SMILES string of the molecule is O=Cc1ccc(OCc2ccccc2)c(OCc2ccccc2)c1[N+](=O)[O-]. The van der Waals surface area contributed by atoms with E-state index in [1.54, 1.807) is 0 Å². The summed E-state index contributed by atoms with van der Waals surface area (Å²) in [5.74, 6) is 0.163. The lowest BCUT2D eigenvalue weighted by atomic mass is 10.1. The minimum Gasteiger partial charge on any atom is -0.485 e. The molecule has 0 bridgehead atoms. The summed E-state index contributed by atoms with van der Waals surface area (Å²) in [4.78, 5) is 22.2. The van der Waals surface area contributed by atoms with Crippen LogP contribution in [0, 0.1) is 10.1 Å². The number of nitrogens with zero attached hydrogens (tertiary/aromatic N) is 1. The number of nitro benzene ring substituents is 1. The molecule has 0 aliphatic carbocycles. The summed E-state index contributed by atoms with van der Waals surface area (Å²) in [7, 11) is 0. The quantitative estimate of drug-likeness (QED) is 0.333. The van der Waals surface area contributed by atoms with Gasteiger partial charge in [-0.25, -0.2) is 0 Å². The summed E-state index contributed by atoms with van der Waals surface area (Å²) in [6.45, 7) is 0.339. The fraction of sp³-hybridized carbons (Fsp3) is 0.0952. The Balaban J connectivity index is 1.92. The topological polar surface area (TPSA) is 78.7 Å². The molecular formula is C21H17NO5. The lowest BCUT2D eigenvalue weighted by Gasteiger charge is -2.14. The lowest BCUT2D eigenvalue weighted by Crippen LogP contribution is -2.05. The molecule has 0 saturated carbocycles. The normalized spacial score (nSPS) is 10.2. The summed E-state index contributed by atoms with van der Waals surface area (Å²) in [5.41, 5.74) is 1.30. The van der Waals surface area contributed by atoms with E-state index >= 15 is 0 Å². The van der Waals surface area contributed by atoms with Crippen molar-refractivity contribution in [1.82, 2.24) is 0 Å². The number of ether oxygens (including phenoxy) is 2. The summed E-state index contributed by atoms with van der Waals surface area (Å²) in [6.07, 6.45) is 0.439. The van der Waals surface area contributed by atoms with Gasteiger partial charge in [-0.15, -0.1) is 0 Å². The second-order valence-electron chi connectivity index (χ2n) is 5.75. The maximum atomic E-state index is 11.6. The third-order valence-electron chi connectivity index (χ3n) is 3.90. The van der Waals surface area contributed by atoms with Crippen molar-refractivity contribution >= 4 is 12.0 Å². The Kier molecular flexibility index (Phi) is 5.79. The molecule has 0 aliphatic heterocycles. The number of hydrogen-bond donors (Lipinski definition) is 0. The number of aldehydes is 1. The molecule has 0 saturated heterocycles. The molecule has 0 heterocycles. The van der Waals surface area contributed by atoms with Gasteiger partial charge in [0.1, 0.15) is 13.2 Å². The van der Waals surface area contributed by atoms with E-state index in [0.29, 0.717) is 6.29 Å². The third kappa shape index (κ3) is 4.49. The van der Waals surface area contributed by atoms with Crippen LogP contribution in [0.3, 0.4) is 0 Å². The van der Waals surface area contributed by atoms with Gasteiger partial charge in [0, 0.05) is 0 Å². The van der Waals surface area contributed by atoms with Crippen LogP contribution in [-0.2, 0) is 13.2 Å². The minimum absolute atomic E-state index is 0.0515. The van der Waals surface area contributed by atoms with Crippen molar-refractivity contribution in [2.24, 2.45) is 0 Å². The maximum Gasteiger partial charge on any atom is 0.325 e. The fourth-order valence-electron chi connectivity index (χ4n) is 2.57. The van der Waals surface area contributed by atoms with Gasteiger partial charge in [0.15, 0.2) is 12.0 Å². The number of carbonyl (C=O) groups is 1. The molecule has 0 fully saturated rings. The molecule has 0 atom stereocenters. The highest BCUT2D eigenvalue weighted by molar-refractivity contribution is 5.85. The molecule has 0 radical (unpaired) electrons. The Morgan fingerprint density at radius 2 is 1.37 bits per heavy atom. The van der Waals surface area contributed by atoms with Crippen molar-refractivity contribution < 1.29 is 19.2 Å². The molecule has 0 N–H and O–H groups in total. The monoisotopic (exact) mass is 363 g/mol. The molecule has 0 amide bonds. The van der Waals surface area contributed by atoms with Crippen LogP contribution in [0.5, 0.6) is 11.5 Å². The zero-order chi connectivity index (χ0) is 19.1. The molecule has 6 nitrogen and oxygen atoms in total. The Bertz CT molecular complexity index is 926. The van der Waals surface area contributed by atoms with Gasteiger partial charge in [0.25, 0.3) is 0 Å². The van der Waals surface area contributed by atoms with Crippen molar-refractivity contribution in [1.29, 1.82) is 0 Å². The number of benzene rings is 3. The van der Waals surface area contributed by atoms with Crippen LogP contribution >= 0.6 is 0 Å². The van der Waals surface area contributed by atoms with Gasteiger partial charge in [0.2, 0.25) is 5.75 Å². The molecule has 0 aromatic heterocycles. The fourth-order valence-corrected chi connectivity index (χ4v) is 2.57. The molecule has 3 aromatic carbocycles. The van der Waals surface area contributed by atoms with Crippen molar-refractivity contribution in [3.63, 3.8) is 0 Å². The first-order valence-electron chi connectivity index (χ1n) is 8.29. The maximum absolute atomic E-state index is 11.6. The van der Waals surface area contributed by atoms with Crippen LogP contribution in [0.15, 0.2) is 72.8 Å². The second kappa shape index (κ2) is 8.62. The van der Waals surface area contributed by atoms with Gasteiger partial charge >= 0.3 is 5.69 Å². The molecule has 0 spiro atoms. The van der Waals surface area contributed by atoms with Gasteiger partial charge in [-0.05, 0) is 23.3 Å².